The second-order valence-corrected chi connectivity index (χ2v) is 6.33. The van der Waals surface area contributed by atoms with Gasteiger partial charge in [-0.1, -0.05) is 31.2 Å². The van der Waals surface area contributed by atoms with Crippen LogP contribution in [-0.4, -0.2) is 36.5 Å². The minimum Gasteiger partial charge on any atom is -0.486 e. The number of carboxylic acid groups (broad SMARTS) is 1. The summed E-state index contributed by atoms with van der Waals surface area (Å²) in [6.07, 6.45) is 0. The molecule has 0 unspecified atom stereocenters. The largest absolute Gasteiger partial charge is 0.486 e. The number of fused-ring (bicyclic) bond motifs is 2. The van der Waals surface area contributed by atoms with Crippen LogP contribution in [0.1, 0.15) is 41.5 Å². The van der Waals surface area contributed by atoms with Crippen molar-refractivity contribution in [1.82, 2.24) is 25.4 Å². The molecular formula is C18H17N5O3. The second-order valence-electron chi connectivity index (χ2n) is 6.33. The van der Waals surface area contributed by atoms with Crippen molar-refractivity contribution in [2.45, 2.75) is 26.4 Å². The molecule has 0 aliphatic carbocycles. The molecule has 4 aromatic rings. The van der Waals surface area contributed by atoms with Crippen LogP contribution in [0.15, 0.2) is 30.3 Å². The van der Waals surface area contributed by atoms with Gasteiger partial charge in [0.15, 0.2) is 0 Å². The minimum atomic E-state index is -1.01. The van der Waals surface area contributed by atoms with Crippen molar-refractivity contribution in [3.8, 4) is 5.75 Å². The van der Waals surface area contributed by atoms with E-state index in [-0.39, 0.29) is 18.1 Å². The van der Waals surface area contributed by atoms with E-state index in [2.05, 4.69) is 25.4 Å². The Morgan fingerprint density at radius 3 is 2.85 bits per heavy atom. The van der Waals surface area contributed by atoms with E-state index in [0.29, 0.717) is 16.8 Å². The summed E-state index contributed by atoms with van der Waals surface area (Å²) in [4.78, 5) is 19.1. The molecule has 8 heteroatoms. The van der Waals surface area contributed by atoms with Crippen LogP contribution >= 0.6 is 0 Å². The third kappa shape index (κ3) is 2.65. The van der Waals surface area contributed by atoms with Gasteiger partial charge >= 0.3 is 5.97 Å². The Bertz CT molecular complexity index is 1110. The van der Waals surface area contributed by atoms with Crippen LogP contribution < -0.4 is 4.74 Å². The molecule has 0 saturated carbocycles. The van der Waals surface area contributed by atoms with Gasteiger partial charge in [-0.3, -0.25) is 5.10 Å². The fourth-order valence-corrected chi connectivity index (χ4v) is 2.85. The fourth-order valence-electron chi connectivity index (χ4n) is 2.85. The molecule has 2 aromatic carbocycles. The van der Waals surface area contributed by atoms with Crippen molar-refractivity contribution in [2.75, 3.05) is 0 Å². The van der Waals surface area contributed by atoms with E-state index in [9.17, 15) is 9.90 Å². The van der Waals surface area contributed by atoms with E-state index in [0.717, 1.165) is 22.4 Å². The normalized spacial score (nSPS) is 11.5. The van der Waals surface area contributed by atoms with Gasteiger partial charge in [-0.15, -0.1) is 5.10 Å². The van der Waals surface area contributed by atoms with Crippen molar-refractivity contribution < 1.29 is 14.6 Å². The van der Waals surface area contributed by atoms with Gasteiger partial charge in [0.05, 0.1) is 16.6 Å². The van der Waals surface area contributed by atoms with Crippen molar-refractivity contribution in [2.24, 2.45) is 0 Å². The monoisotopic (exact) mass is 351 g/mol. The number of aromatic nitrogens is 5. The molecule has 132 valence electrons. The molecule has 0 saturated heterocycles. The molecule has 0 amide bonds. The van der Waals surface area contributed by atoms with Crippen molar-refractivity contribution in [3.63, 3.8) is 0 Å². The zero-order chi connectivity index (χ0) is 18.3. The molecule has 0 radical (unpaired) electrons. The third-order valence-electron chi connectivity index (χ3n) is 4.23. The average molecular weight is 351 g/mol. The SMILES string of the molecule is CC(C)c1nc2c(OCc3cccc4[nH]nnc34)ccc(C(=O)O)c2[nH]1. The van der Waals surface area contributed by atoms with Crippen LogP contribution in [0.2, 0.25) is 0 Å². The number of imidazole rings is 1. The first-order chi connectivity index (χ1) is 12.5. The molecule has 0 spiro atoms. The number of hydrogen-bond acceptors (Lipinski definition) is 5. The summed E-state index contributed by atoms with van der Waals surface area (Å²) < 4.78 is 5.95. The highest BCUT2D eigenvalue weighted by molar-refractivity contribution is 6.02. The Hall–Kier alpha value is -3.42. The summed E-state index contributed by atoms with van der Waals surface area (Å²) >= 11 is 0. The molecule has 0 atom stereocenters. The number of hydrogen-bond donors (Lipinski definition) is 3. The van der Waals surface area contributed by atoms with Gasteiger partial charge in [0, 0.05) is 11.5 Å². The number of aromatic carboxylic acids is 1. The lowest BCUT2D eigenvalue weighted by Crippen LogP contribution is -2.01. The number of benzene rings is 2. The zero-order valence-corrected chi connectivity index (χ0v) is 14.3. The van der Waals surface area contributed by atoms with Crippen molar-refractivity contribution in [3.05, 3.63) is 47.3 Å². The van der Waals surface area contributed by atoms with Crippen LogP contribution in [0.4, 0.5) is 0 Å². The van der Waals surface area contributed by atoms with Gasteiger partial charge < -0.3 is 14.8 Å². The number of carbonyl (C=O) groups is 1. The highest BCUT2D eigenvalue weighted by Gasteiger charge is 2.18. The van der Waals surface area contributed by atoms with E-state index >= 15 is 0 Å². The Labute approximate surface area is 148 Å². The molecule has 2 heterocycles. The Balaban J connectivity index is 1.73. The van der Waals surface area contributed by atoms with Crippen LogP contribution in [0.3, 0.4) is 0 Å². The summed E-state index contributed by atoms with van der Waals surface area (Å²) in [5.74, 6) is 0.374. The maximum atomic E-state index is 11.5. The summed E-state index contributed by atoms with van der Waals surface area (Å²) in [6, 6.07) is 8.87. The quantitative estimate of drug-likeness (QED) is 0.508. The first kappa shape index (κ1) is 16.1. The van der Waals surface area contributed by atoms with Crippen LogP contribution in [0.25, 0.3) is 22.1 Å². The Kier molecular flexibility index (Phi) is 3.80. The zero-order valence-electron chi connectivity index (χ0n) is 14.3. The smallest absolute Gasteiger partial charge is 0.337 e. The molecule has 0 aliphatic heterocycles. The number of aromatic amines is 2. The predicted molar refractivity (Wildman–Crippen MR) is 95.4 cm³/mol. The van der Waals surface area contributed by atoms with Crippen LogP contribution in [-0.2, 0) is 6.61 Å². The molecular weight excluding hydrogens is 334 g/mol. The third-order valence-corrected chi connectivity index (χ3v) is 4.23. The lowest BCUT2D eigenvalue weighted by Gasteiger charge is -2.08. The number of nitrogens with one attached hydrogen (secondary N) is 2. The molecule has 8 nitrogen and oxygen atoms in total. The number of rotatable bonds is 5. The molecule has 26 heavy (non-hydrogen) atoms. The average Bonchev–Trinajstić information content (AvgIpc) is 3.26. The van der Waals surface area contributed by atoms with Gasteiger partial charge in [-0.05, 0) is 18.2 Å². The maximum Gasteiger partial charge on any atom is 0.337 e. The summed E-state index contributed by atoms with van der Waals surface area (Å²) in [5, 5.41) is 20.1. The minimum absolute atomic E-state index is 0.140. The summed E-state index contributed by atoms with van der Waals surface area (Å²) in [5.41, 5.74) is 3.62. The molecule has 0 aliphatic rings. The lowest BCUT2D eigenvalue weighted by atomic mass is 10.1. The Morgan fingerprint density at radius 1 is 1.23 bits per heavy atom. The van der Waals surface area contributed by atoms with E-state index in [1.54, 1.807) is 6.07 Å². The van der Waals surface area contributed by atoms with E-state index in [4.69, 9.17) is 4.74 Å². The van der Waals surface area contributed by atoms with E-state index in [1.807, 2.05) is 32.0 Å². The highest BCUT2D eigenvalue weighted by Crippen LogP contribution is 2.30. The van der Waals surface area contributed by atoms with Crippen LogP contribution in [0, 0.1) is 0 Å². The van der Waals surface area contributed by atoms with E-state index in [1.165, 1.54) is 6.07 Å². The first-order valence-electron chi connectivity index (χ1n) is 8.22. The molecule has 0 bridgehead atoms. The lowest BCUT2D eigenvalue weighted by molar-refractivity contribution is 0.0699. The second kappa shape index (κ2) is 6.14. The molecule has 0 fully saturated rings. The summed E-state index contributed by atoms with van der Waals surface area (Å²) in [6.45, 7) is 4.25. The number of carboxylic acids is 1. The molecule has 4 rings (SSSR count). The predicted octanol–water partition coefficient (Wildman–Crippen LogP) is 3.23. The fraction of sp³-hybridized carbons (Fsp3) is 0.222. The number of nitrogens with zero attached hydrogens (tertiary/aromatic N) is 3. The molecule has 2 aromatic heterocycles. The van der Waals surface area contributed by atoms with Gasteiger partial charge in [-0.25, -0.2) is 9.78 Å². The first-order valence-corrected chi connectivity index (χ1v) is 8.22. The highest BCUT2D eigenvalue weighted by atomic mass is 16.5. The van der Waals surface area contributed by atoms with Crippen LogP contribution in [0.5, 0.6) is 5.75 Å². The standard InChI is InChI=1S/C18H17N5O3/c1-9(2)17-19-15-11(18(24)25)6-7-13(16(15)20-17)26-8-10-4-3-5-12-14(10)22-23-21-12/h3-7,9H,8H2,1-2H3,(H,19,20)(H,24,25)(H,21,22,23). The van der Waals surface area contributed by atoms with Gasteiger partial charge in [0.25, 0.3) is 0 Å². The Morgan fingerprint density at radius 2 is 2.08 bits per heavy atom. The number of ether oxygens (including phenoxy) is 1. The maximum absolute atomic E-state index is 11.5. The van der Waals surface area contributed by atoms with Crippen molar-refractivity contribution in [1.29, 1.82) is 0 Å². The van der Waals surface area contributed by atoms with Gasteiger partial charge in [0.2, 0.25) is 0 Å². The van der Waals surface area contributed by atoms with E-state index < -0.39 is 5.97 Å². The van der Waals surface area contributed by atoms with Gasteiger partial charge in [-0.2, -0.15) is 0 Å². The van der Waals surface area contributed by atoms with Gasteiger partial charge in [0.1, 0.15) is 29.2 Å². The summed E-state index contributed by atoms with van der Waals surface area (Å²) in [7, 11) is 0. The topological polar surface area (TPSA) is 117 Å². The number of H-pyrrole nitrogens is 2. The molecule has 3 N–H and O–H groups in total. The van der Waals surface area contributed by atoms with Crippen molar-refractivity contribution >= 4 is 28.0 Å².